The van der Waals surface area contributed by atoms with Crippen molar-refractivity contribution in [3.8, 4) is 0 Å². The monoisotopic (exact) mass is 470 g/mol. The van der Waals surface area contributed by atoms with Crippen LogP contribution in [0.5, 0.6) is 0 Å². The van der Waals surface area contributed by atoms with Gasteiger partial charge in [0.05, 0.1) is 19.8 Å². The first-order chi connectivity index (χ1) is 14.1. The second kappa shape index (κ2) is 14.9. The number of hydrogen-bond donors (Lipinski definition) is 2. The Hall–Kier alpha value is -1.99. The first-order valence-electron chi connectivity index (χ1n) is 9.45. The summed E-state index contributed by atoms with van der Waals surface area (Å²) in [6, 6.07) is -1.00. The molecule has 5 atom stereocenters. The van der Waals surface area contributed by atoms with Gasteiger partial charge in [-0.2, -0.15) is 0 Å². The zero-order chi connectivity index (χ0) is 22.7. The zero-order valence-corrected chi connectivity index (χ0v) is 18.8. The van der Waals surface area contributed by atoms with E-state index in [1.165, 1.54) is 27.7 Å². The van der Waals surface area contributed by atoms with Crippen molar-refractivity contribution in [3.05, 3.63) is 0 Å². The van der Waals surface area contributed by atoms with Crippen molar-refractivity contribution in [2.45, 2.75) is 58.3 Å². The Bertz CT molecular complexity index is 606. The van der Waals surface area contributed by atoms with E-state index in [9.17, 15) is 19.2 Å². The van der Waals surface area contributed by atoms with Crippen LogP contribution in [0.1, 0.15) is 27.7 Å². The van der Waals surface area contributed by atoms with E-state index >= 15 is 0 Å². The van der Waals surface area contributed by atoms with E-state index in [1.807, 2.05) is 0 Å². The zero-order valence-electron chi connectivity index (χ0n) is 18.0. The fourth-order valence-electron chi connectivity index (χ4n) is 2.84. The van der Waals surface area contributed by atoms with Crippen LogP contribution in [0, 0.1) is 0 Å². The molecule has 1 aliphatic rings. The average molecular weight is 471 g/mol. The van der Waals surface area contributed by atoms with Crippen LogP contribution in [-0.2, 0) is 47.6 Å². The van der Waals surface area contributed by atoms with E-state index in [1.54, 1.807) is 0 Å². The lowest BCUT2D eigenvalue weighted by Gasteiger charge is -2.44. The molecule has 13 heteroatoms. The van der Waals surface area contributed by atoms with Gasteiger partial charge in [0.1, 0.15) is 18.8 Å². The minimum absolute atomic E-state index is 0. The lowest BCUT2D eigenvalue weighted by molar-refractivity contribution is -0.279. The van der Waals surface area contributed by atoms with Gasteiger partial charge in [0.2, 0.25) is 5.91 Å². The molecule has 1 fully saturated rings. The molecule has 0 unspecified atom stereocenters. The molecule has 0 aliphatic carbocycles. The van der Waals surface area contributed by atoms with Crippen molar-refractivity contribution < 1.29 is 47.6 Å². The number of nitrogens with two attached hydrogens (primary N) is 1. The number of halogens is 1. The van der Waals surface area contributed by atoms with Crippen LogP contribution >= 0.6 is 12.4 Å². The molecule has 0 saturated carbocycles. The van der Waals surface area contributed by atoms with Gasteiger partial charge in [0.15, 0.2) is 18.5 Å². The first kappa shape index (κ1) is 29.0. The quantitative estimate of drug-likeness (QED) is 0.217. The molecule has 0 aromatic heterocycles. The number of nitrogens with one attached hydrogen (secondary N) is 1. The topological polar surface area (TPSA) is 162 Å². The molecule has 1 saturated heterocycles. The number of ether oxygens (including phenoxy) is 6. The van der Waals surface area contributed by atoms with Crippen molar-refractivity contribution in [1.82, 2.24) is 5.32 Å². The molecule has 3 N–H and O–H groups in total. The number of esters is 3. The summed E-state index contributed by atoms with van der Waals surface area (Å²) in [6.07, 6.45) is -4.43. The molecule has 0 radical (unpaired) electrons. The molecule has 31 heavy (non-hydrogen) atoms. The van der Waals surface area contributed by atoms with Gasteiger partial charge in [-0.1, -0.05) is 0 Å². The summed E-state index contributed by atoms with van der Waals surface area (Å²) in [5.41, 5.74) is 5.36. The lowest BCUT2D eigenvalue weighted by atomic mass is 9.96. The van der Waals surface area contributed by atoms with Gasteiger partial charge < -0.3 is 39.5 Å². The third-order valence-corrected chi connectivity index (χ3v) is 3.84. The summed E-state index contributed by atoms with van der Waals surface area (Å²) in [5, 5.41) is 2.60. The smallest absolute Gasteiger partial charge is 0.303 e. The molecule has 180 valence electrons. The highest BCUT2D eigenvalue weighted by molar-refractivity contribution is 5.85. The van der Waals surface area contributed by atoms with Crippen LogP contribution in [0.4, 0.5) is 0 Å². The van der Waals surface area contributed by atoms with Crippen molar-refractivity contribution >= 4 is 36.2 Å². The number of carbonyl (C=O) groups is 4. The Kier molecular flexibility index (Phi) is 14.0. The second-order valence-electron chi connectivity index (χ2n) is 6.49. The predicted octanol–water partition coefficient (Wildman–Crippen LogP) is -0.944. The summed E-state index contributed by atoms with van der Waals surface area (Å²) in [6.45, 7) is 5.47. The van der Waals surface area contributed by atoms with E-state index in [4.69, 9.17) is 34.2 Å². The third-order valence-electron chi connectivity index (χ3n) is 3.84. The molecule has 12 nitrogen and oxygen atoms in total. The number of amides is 1. The SMILES string of the molecule is CC(=O)N[C@H]1[C@H](OCCOCCN)O[C@H](COC(C)=O)[C@H](OC(C)=O)[C@@H]1OC(C)=O.Cl. The van der Waals surface area contributed by atoms with Gasteiger partial charge in [-0.25, -0.2) is 0 Å². The largest absolute Gasteiger partial charge is 0.463 e. The van der Waals surface area contributed by atoms with Crippen molar-refractivity contribution in [3.63, 3.8) is 0 Å². The molecule has 1 aliphatic heterocycles. The average Bonchev–Trinajstić information content (AvgIpc) is 2.63. The van der Waals surface area contributed by atoms with Crippen LogP contribution in [0.25, 0.3) is 0 Å². The van der Waals surface area contributed by atoms with Crippen LogP contribution in [0.2, 0.25) is 0 Å². The van der Waals surface area contributed by atoms with E-state index in [0.29, 0.717) is 13.2 Å². The Morgan fingerprint density at radius 1 is 0.903 bits per heavy atom. The van der Waals surface area contributed by atoms with Gasteiger partial charge in [-0.15, -0.1) is 12.4 Å². The summed E-state index contributed by atoms with van der Waals surface area (Å²) >= 11 is 0. The maximum absolute atomic E-state index is 11.8. The van der Waals surface area contributed by atoms with Crippen LogP contribution in [-0.4, -0.2) is 87.4 Å². The normalized spacial score (nSPS) is 25.0. The highest BCUT2D eigenvalue weighted by Gasteiger charge is 2.51. The van der Waals surface area contributed by atoms with Gasteiger partial charge in [0.25, 0.3) is 0 Å². The van der Waals surface area contributed by atoms with Crippen molar-refractivity contribution in [2.24, 2.45) is 5.73 Å². The summed E-state index contributed by atoms with van der Waals surface area (Å²) in [7, 11) is 0. The maximum Gasteiger partial charge on any atom is 0.303 e. The van der Waals surface area contributed by atoms with Crippen LogP contribution in [0.3, 0.4) is 0 Å². The molecule has 0 spiro atoms. The molecular weight excluding hydrogens is 440 g/mol. The molecule has 1 amide bonds. The predicted molar refractivity (Wildman–Crippen MR) is 107 cm³/mol. The van der Waals surface area contributed by atoms with E-state index in [0.717, 1.165) is 0 Å². The Labute approximate surface area is 186 Å². The first-order valence-corrected chi connectivity index (χ1v) is 9.45. The van der Waals surface area contributed by atoms with Crippen LogP contribution < -0.4 is 11.1 Å². The molecule has 0 bridgehead atoms. The minimum Gasteiger partial charge on any atom is -0.463 e. The van der Waals surface area contributed by atoms with E-state index < -0.39 is 54.5 Å². The van der Waals surface area contributed by atoms with E-state index in [2.05, 4.69) is 5.32 Å². The number of rotatable bonds is 11. The highest BCUT2D eigenvalue weighted by atomic mass is 35.5. The standard InChI is InChI=1S/C18H30N2O10.ClH/c1-10(21)20-15-17(29-13(4)24)16(28-12(3)23)14(9-27-11(2)22)30-18(15)26-8-7-25-6-5-19;/h14-18H,5-9,19H2,1-4H3,(H,20,21);1H/t14-,15-,16+,17-,18-;/m1./s1. The van der Waals surface area contributed by atoms with Crippen molar-refractivity contribution in [2.75, 3.05) is 33.0 Å². The summed E-state index contributed by atoms with van der Waals surface area (Å²) < 4.78 is 32.4. The fourth-order valence-corrected chi connectivity index (χ4v) is 2.84. The molecular formula is C18H31ClN2O10. The van der Waals surface area contributed by atoms with Gasteiger partial charge in [0, 0.05) is 34.2 Å². The highest BCUT2D eigenvalue weighted by Crippen LogP contribution is 2.28. The van der Waals surface area contributed by atoms with Gasteiger partial charge >= 0.3 is 17.9 Å². The summed E-state index contributed by atoms with van der Waals surface area (Å²) in [5.74, 6) is -2.38. The number of hydrogen-bond acceptors (Lipinski definition) is 11. The lowest BCUT2D eigenvalue weighted by Crippen LogP contribution is -2.66. The molecule has 1 rings (SSSR count). The summed E-state index contributed by atoms with van der Waals surface area (Å²) in [4.78, 5) is 46.4. The fraction of sp³-hybridized carbons (Fsp3) is 0.778. The third kappa shape index (κ3) is 10.7. The molecule has 0 aromatic rings. The van der Waals surface area contributed by atoms with Gasteiger partial charge in [-0.3, -0.25) is 19.2 Å². The van der Waals surface area contributed by atoms with Gasteiger partial charge in [-0.05, 0) is 0 Å². The van der Waals surface area contributed by atoms with Crippen LogP contribution in [0.15, 0.2) is 0 Å². The van der Waals surface area contributed by atoms with E-state index in [-0.39, 0.29) is 32.2 Å². The minimum atomic E-state index is -1.16. The Morgan fingerprint density at radius 3 is 2.03 bits per heavy atom. The Morgan fingerprint density at radius 2 is 1.52 bits per heavy atom. The number of carbonyl (C=O) groups excluding carboxylic acids is 4. The van der Waals surface area contributed by atoms with Crippen molar-refractivity contribution in [1.29, 1.82) is 0 Å². The second-order valence-corrected chi connectivity index (χ2v) is 6.49. The Balaban J connectivity index is 0.00000900. The molecule has 0 aromatic carbocycles. The molecule has 1 heterocycles. The maximum atomic E-state index is 11.8.